The number of ether oxygens (including phenoxy) is 1. The van der Waals surface area contributed by atoms with Crippen LogP contribution in [0, 0.1) is 0 Å². The van der Waals surface area contributed by atoms with Crippen molar-refractivity contribution in [2.75, 3.05) is 32.8 Å². The monoisotopic (exact) mass is 240 g/mol. The van der Waals surface area contributed by atoms with Gasteiger partial charge in [0.1, 0.15) is 0 Å². The molecule has 0 aromatic carbocycles. The Kier molecular flexibility index (Phi) is 4.83. The summed E-state index contributed by atoms with van der Waals surface area (Å²) in [6, 6.07) is 0. The molecule has 0 aliphatic carbocycles. The largest absolute Gasteiger partial charge is 0.377 e. The van der Waals surface area contributed by atoms with Crippen LogP contribution in [0.1, 0.15) is 46.0 Å². The lowest BCUT2D eigenvalue weighted by Crippen LogP contribution is -2.60. The van der Waals surface area contributed by atoms with Gasteiger partial charge >= 0.3 is 0 Å². The van der Waals surface area contributed by atoms with Gasteiger partial charge in [-0.25, -0.2) is 0 Å². The van der Waals surface area contributed by atoms with Gasteiger partial charge in [0.25, 0.3) is 0 Å². The molecule has 2 fully saturated rings. The van der Waals surface area contributed by atoms with Gasteiger partial charge in [-0.3, -0.25) is 4.90 Å². The Morgan fingerprint density at radius 2 is 2.12 bits per heavy atom. The maximum atomic E-state index is 5.85. The number of rotatable bonds is 4. The fourth-order valence-electron chi connectivity index (χ4n) is 3.16. The minimum absolute atomic E-state index is 0.354. The first-order chi connectivity index (χ1) is 8.28. The zero-order valence-corrected chi connectivity index (χ0v) is 11.5. The normalized spacial score (nSPS) is 30.4. The molecule has 0 aromatic rings. The van der Waals surface area contributed by atoms with Crippen molar-refractivity contribution >= 4 is 0 Å². The summed E-state index contributed by atoms with van der Waals surface area (Å²) in [4.78, 5) is 2.61. The molecule has 0 radical (unpaired) electrons. The minimum Gasteiger partial charge on any atom is -0.377 e. The first kappa shape index (κ1) is 13.3. The van der Waals surface area contributed by atoms with Crippen molar-refractivity contribution in [3.05, 3.63) is 0 Å². The number of nitrogens with zero attached hydrogens (tertiary/aromatic N) is 1. The van der Waals surface area contributed by atoms with Gasteiger partial charge < -0.3 is 10.1 Å². The van der Waals surface area contributed by atoms with Crippen LogP contribution in [0.3, 0.4) is 0 Å². The number of hydrogen-bond donors (Lipinski definition) is 1. The van der Waals surface area contributed by atoms with Crippen LogP contribution in [0.5, 0.6) is 0 Å². The molecule has 0 spiro atoms. The van der Waals surface area contributed by atoms with Gasteiger partial charge in [0, 0.05) is 38.3 Å². The highest BCUT2D eigenvalue weighted by molar-refractivity contribution is 4.93. The molecule has 2 saturated heterocycles. The molecule has 17 heavy (non-hydrogen) atoms. The van der Waals surface area contributed by atoms with Gasteiger partial charge in [-0.2, -0.15) is 0 Å². The topological polar surface area (TPSA) is 24.5 Å². The van der Waals surface area contributed by atoms with E-state index in [0.717, 1.165) is 19.7 Å². The zero-order chi connectivity index (χ0) is 12.1. The quantitative estimate of drug-likeness (QED) is 0.813. The highest BCUT2D eigenvalue weighted by atomic mass is 16.5. The van der Waals surface area contributed by atoms with Crippen molar-refractivity contribution in [1.82, 2.24) is 10.2 Å². The van der Waals surface area contributed by atoms with Crippen molar-refractivity contribution in [2.24, 2.45) is 0 Å². The van der Waals surface area contributed by atoms with E-state index in [1.165, 1.54) is 45.2 Å². The number of nitrogens with one attached hydrogen (secondary N) is 1. The molecule has 0 amide bonds. The highest BCUT2D eigenvalue weighted by Gasteiger charge is 2.32. The molecular weight excluding hydrogens is 212 g/mol. The number of hydrogen-bond acceptors (Lipinski definition) is 3. The van der Waals surface area contributed by atoms with Gasteiger partial charge in [-0.15, -0.1) is 0 Å². The lowest BCUT2D eigenvalue weighted by Gasteiger charge is -2.44. The molecule has 1 N–H and O–H groups in total. The molecule has 0 aromatic heterocycles. The summed E-state index contributed by atoms with van der Waals surface area (Å²) in [6.07, 6.45) is 6.81. The van der Waals surface area contributed by atoms with Gasteiger partial charge in [0.05, 0.1) is 6.10 Å². The molecule has 0 saturated carbocycles. The van der Waals surface area contributed by atoms with Gasteiger partial charge in [0.2, 0.25) is 0 Å². The summed E-state index contributed by atoms with van der Waals surface area (Å²) in [7, 11) is 0. The Morgan fingerprint density at radius 1 is 1.29 bits per heavy atom. The Hall–Kier alpha value is -0.120. The molecule has 2 aliphatic heterocycles. The first-order valence-corrected chi connectivity index (χ1v) is 7.37. The van der Waals surface area contributed by atoms with Crippen LogP contribution in [0.25, 0.3) is 0 Å². The molecule has 3 heteroatoms. The Bertz CT molecular complexity index is 222. The van der Waals surface area contributed by atoms with Crippen molar-refractivity contribution in [1.29, 1.82) is 0 Å². The Morgan fingerprint density at radius 3 is 2.76 bits per heavy atom. The maximum Gasteiger partial charge on any atom is 0.0702 e. The van der Waals surface area contributed by atoms with E-state index in [9.17, 15) is 0 Å². The van der Waals surface area contributed by atoms with Gasteiger partial charge in [0.15, 0.2) is 0 Å². The van der Waals surface area contributed by atoms with E-state index < -0.39 is 0 Å². The van der Waals surface area contributed by atoms with E-state index in [4.69, 9.17) is 4.74 Å². The third-order valence-corrected chi connectivity index (χ3v) is 4.54. The fourth-order valence-corrected chi connectivity index (χ4v) is 3.16. The first-order valence-electron chi connectivity index (χ1n) is 7.37. The second kappa shape index (κ2) is 6.17. The predicted octanol–water partition coefficient (Wildman–Crippen LogP) is 2.02. The molecule has 3 nitrogen and oxygen atoms in total. The Balaban J connectivity index is 1.84. The molecule has 2 heterocycles. The van der Waals surface area contributed by atoms with Crippen LogP contribution in [0.15, 0.2) is 0 Å². The van der Waals surface area contributed by atoms with E-state index >= 15 is 0 Å². The fraction of sp³-hybridized carbons (Fsp3) is 1.00. The summed E-state index contributed by atoms with van der Waals surface area (Å²) in [5.41, 5.74) is 0.354. The van der Waals surface area contributed by atoms with Gasteiger partial charge in [-0.1, -0.05) is 13.8 Å². The van der Waals surface area contributed by atoms with Crippen LogP contribution in [-0.2, 0) is 4.74 Å². The molecule has 0 bridgehead atoms. The molecule has 1 atom stereocenters. The number of piperazine rings is 1. The van der Waals surface area contributed by atoms with Crippen LogP contribution in [0.2, 0.25) is 0 Å². The van der Waals surface area contributed by atoms with E-state index in [1.54, 1.807) is 0 Å². The van der Waals surface area contributed by atoms with E-state index in [1.807, 2.05) is 0 Å². The molecular formula is C14H28N2O. The second-order valence-corrected chi connectivity index (χ2v) is 5.64. The third kappa shape index (κ3) is 3.43. The molecule has 2 aliphatic rings. The average molecular weight is 240 g/mol. The predicted molar refractivity (Wildman–Crippen MR) is 71.3 cm³/mol. The van der Waals surface area contributed by atoms with Crippen molar-refractivity contribution in [2.45, 2.75) is 57.6 Å². The SMILES string of the molecule is CCC1(CC)CN(CC2CCCCO2)CCN1. The standard InChI is InChI=1S/C14H28N2O/c1-3-14(4-2)12-16(9-8-15-14)11-13-7-5-6-10-17-13/h13,15H,3-12H2,1-2H3. The lowest BCUT2D eigenvalue weighted by molar-refractivity contribution is -0.0167. The Labute approximate surface area is 106 Å². The van der Waals surface area contributed by atoms with Crippen LogP contribution in [-0.4, -0.2) is 49.3 Å². The summed E-state index contributed by atoms with van der Waals surface area (Å²) in [5.74, 6) is 0. The van der Waals surface area contributed by atoms with E-state index in [2.05, 4.69) is 24.1 Å². The third-order valence-electron chi connectivity index (χ3n) is 4.54. The summed E-state index contributed by atoms with van der Waals surface area (Å²) in [6.45, 7) is 10.2. The smallest absolute Gasteiger partial charge is 0.0702 e. The van der Waals surface area contributed by atoms with Crippen molar-refractivity contribution in [3.63, 3.8) is 0 Å². The molecule has 2 rings (SSSR count). The lowest BCUT2D eigenvalue weighted by atomic mass is 9.90. The summed E-state index contributed by atoms with van der Waals surface area (Å²) in [5, 5.41) is 3.72. The van der Waals surface area contributed by atoms with Crippen LogP contribution in [0.4, 0.5) is 0 Å². The van der Waals surface area contributed by atoms with E-state index in [-0.39, 0.29) is 0 Å². The average Bonchev–Trinajstić information content (AvgIpc) is 2.40. The summed E-state index contributed by atoms with van der Waals surface area (Å²) >= 11 is 0. The summed E-state index contributed by atoms with van der Waals surface area (Å²) < 4.78 is 5.85. The molecule has 1 unspecified atom stereocenters. The van der Waals surface area contributed by atoms with Gasteiger partial charge in [-0.05, 0) is 32.1 Å². The zero-order valence-electron chi connectivity index (χ0n) is 11.5. The van der Waals surface area contributed by atoms with Crippen molar-refractivity contribution < 1.29 is 4.74 Å². The molecule has 100 valence electrons. The minimum atomic E-state index is 0.354. The van der Waals surface area contributed by atoms with Crippen LogP contribution >= 0.6 is 0 Å². The maximum absolute atomic E-state index is 5.85. The van der Waals surface area contributed by atoms with Crippen LogP contribution < -0.4 is 5.32 Å². The highest BCUT2D eigenvalue weighted by Crippen LogP contribution is 2.21. The second-order valence-electron chi connectivity index (χ2n) is 5.64. The van der Waals surface area contributed by atoms with Crippen molar-refractivity contribution in [3.8, 4) is 0 Å². The van der Waals surface area contributed by atoms with E-state index in [0.29, 0.717) is 11.6 Å².